The highest BCUT2D eigenvalue weighted by Gasteiger charge is 2.14. The van der Waals surface area contributed by atoms with Crippen LogP contribution >= 0.6 is 11.3 Å². The molecule has 2 aromatic rings. The molecule has 1 aromatic heterocycles. The largest absolute Gasteiger partial charge is 0.375 e. The first-order valence-electron chi connectivity index (χ1n) is 6.00. The lowest BCUT2D eigenvalue weighted by Gasteiger charge is -2.05. The topological polar surface area (TPSA) is 91.8 Å². The second kappa shape index (κ2) is 6.12. The van der Waals surface area contributed by atoms with Gasteiger partial charge in [0.15, 0.2) is 0 Å². The minimum absolute atomic E-state index is 0.0933. The first kappa shape index (κ1) is 14.0. The molecule has 0 amide bonds. The van der Waals surface area contributed by atoms with Crippen LogP contribution in [0.5, 0.6) is 0 Å². The van der Waals surface area contributed by atoms with Gasteiger partial charge in [0.05, 0.1) is 28.1 Å². The van der Waals surface area contributed by atoms with E-state index in [1.54, 1.807) is 29.7 Å². The number of nitriles is 1. The van der Waals surface area contributed by atoms with Gasteiger partial charge >= 0.3 is 0 Å². The Hall–Kier alpha value is -2.46. The van der Waals surface area contributed by atoms with Crippen molar-refractivity contribution < 1.29 is 4.92 Å². The molecule has 0 unspecified atom stereocenters. The second-order valence-corrected chi connectivity index (χ2v) is 5.23. The fourth-order valence-corrected chi connectivity index (χ4v) is 2.48. The predicted octanol–water partition coefficient (Wildman–Crippen LogP) is 3.10. The van der Waals surface area contributed by atoms with Crippen LogP contribution in [0.1, 0.15) is 22.4 Å². The predicted molar refractivity (Wildman–Crippen MR) is 76.6 cm³/mol. The minimum atomic E-state index is -0.493. The van der Waals surface area contributed by atoms with E-state index in [-0.39, 0.29) is 11.3 Å². The summed E-state index contributed by atoms with van der Waals surface area (Å²) in [4.78, 5) is 15.8. The number of nitro groups is 1. The lowest BCUT2D eigenvalue weighted by atomic mass is 10.2. The lowest BCUT2D eigenvalue weighted by molar-refractivity contribution is -0.384. The molecule has 6 nitrogen and oxygen atoms in total. The van der Waals surface area contributed by atoms with E-state index in [0.29, 0.717) is 12.2 Å². The maximum absolute atomic E-state index is 11.0. The smallest absolute Gasteiger partial charge is 0.293 e. The molecule has 102 valence electrons. The summed E-state index contributed by atoms with van der Waals surface area (Å²) in [6.07, 6.45) is 2.65. The molecule has 0 saturated heterocycles. The van der Waals surface area contributed by atoms with Crippen molar-refractivity contribution in [2.45, 2.75) is 19.9 Å². The summed E-state index contributed by atoms with van der Waals surface area (Å²) in [5, 5.41) is 23.8. The third kappa shape index (κ3) is 3.10. The van der Waals surface area contributed by atoms with Crippen molar-refractivity contribution in [1.82, 2.24) is 4.98 Å². The molecule has 1 aromatic carbocycles. The van der Waals surface area contributed by atoms with Crippen LogP contribution in [-0.4, -0.2) is 9.91 Å². The molecule has 0 aliphatic heterocycles. The van der Waals surface area contributed by atoms with E-state index in [2.05, 4.69) is 10.3 Å². The SMILES string of the molecule is CCc1ncc(CNc2ccc(C#N)cc2[N+](=O)[O-])s1. The van der Waals surface area contributed by atoms with Crippen molar-refractivity contribution in [3.8, 4) is 6.07 Å². The number of aromatic nitrogens is 1. The molecule has 0 atom stereocenters. The van der Waals surface area contributed by atoms with Gasteiger partial charge in [-0.3, -0.25) is 10.1 Å². The van der Waals surface area contributed by atoms with Crippen molar-refractivity contribution in [3.63, 3.8) is 0 Å². The number of aryl methyl sites for hydroxylation is 1. The Balaban J connectivity index is 2.16. The zero-order chi connectivity index (χ0) is 14.5. The molecule has 0 spiro atoms. The van der Waals surface area contributed by atoms with Crippen molar-refractivity contribution in [2.24, 2.45) is 0 Å². The Kier molecular flexibility index (Phi) is 4.27. The summed E-state index contributed by atoms with van der Waals surface area (Å²) in [5.74, 6) is 0. The average molecular weight is 288 g/mol. The van der Waals surface area contributed by atoms with E-state index >= 15 is 0 Å². The summed E-state index contributed by atoms with van der Waals surface area (Å²) in [6.45, 7) is 2.51. The highest BCUT2D eigenvalue weighted by atomic mass is 32.1. The number of hydrogen-bond acceptors (Lipinski definition) is 6. The van der Waals surface area contributed by atoms with E-state index in [0.717, 1.165) is 16.3 Å². The van der Waals surface area contributed by atoms with Gasteiger partial charge in [-0.15, -0.1) is 11.3 Å². The highest BCUT2D eigenvalue weighted by Crippen LogP contribution is 2.26. The van der Waals surface area contributed by atoms with Crippen molar-refractivity contribution >= 4 is 22.7 Å². The first-order valence-corrected chi connectivity index (χ1v) is 6.81. The Morgan fingerprint density at radius 1 is 1.55 bits per heavy atom. The number of hydrogen-bond donors (Lipinski definition) is 1. The van der Waals surface area contributed by atoms with Crippen molar-refractivity contribution in [3.05, 3.63) is 50.0 Å². The van der Waals surface area contributed by atoms with Crippen molar-refractivity contribution in [2.75, 3.05) is 5.32 Å². The van der Waals surface area contributed by atoms with Crippen LogP contribution < -0.4 is 5.32 Å². The maximum Gasteiger partial charge on any atom is 0.293 e. The molecule has 1 N–H and O–H groups in total. The van der Waals surface area contributed by atoms with Crippen LogP contribution in [0, 0.1) is 21.4 Å². The first-order chi connectivity index (χ1) is 9.63. The van der Waals surface area contributed by atoms with Crippen LogP contribution in [-0.2, 0) is 13.0 Å². The maximum atomic E-state index is 11.0. The standard InChI is InChI=1S/C13H12N4O2S/c1-2-13-16-8-10(20-13)7-15-11-4-3-9(6-14)5-12(11)17(18)19/h3-5,8,15H,2,7H2,1H3. The zero-order valence-corrected chi connectivity index (χ0v) is 11.6. The van der Waals surface area contributed by atoms with Gasteiger partial charge in [-0.25, -0.2) is 4.98 Å². The lowest BCUT2D eigenvalue weighted by Crippen LogP contribution is -2.01. The molecule has 0 aliphatic carbocycles. The molecular weight excluding hydrogens is 276 g/mol. The number of rotatable bonds is 5. The summed E-state index contributed by atoms with van der Waals surface area (Å²) < 4.78 is 0. The third-order valence-electron chi connectivity index (χ3n) is 2.68. The molecule has 0 radical (unpaired) electrons. The fraction of sp³-hybridized carbons (Fsp3) is 0.231. The van der Waals surface area contributed by atoms with E-state index in [4.69, 9.17) is 5.26 Å². The average Bonchev–Trinajstić information content (AvgIpc) is 2.92. The Bertz CT molecular complexity index is 675. The van der Waals surface area contributed by atoms with Gasteiger partial charge in [-0.1, -0.05) is 6.92 Å². The molecule has 1 heterocycles. The molecule has 20 heavy (non-hydrogen) atoms. The van der Waals surface area contributed by atoms with Gasteiger partial charge in [-0.05, 0) is 18.6 Å². The van der Waals surface area contributed by atoms with Crippen LogP contribution in [0.25, 0.3) is 0 Å². The summed E-state index contributed by atoms with van der Waals surface area (Å²) in [6, 6.07) is 6.27. The Morgan fingerprint density at radius 2 is 2.35 bits per heavy atom. The zero-order valence-electron chi connectivity index (χ0n) is 10.8. The number of nitrogens with one attached hydrogen (secondary N) is 1. The van der Waals surface area contributed by atoms with Crippen LogP contribution in [0.2, 0.25) is 0 Å². The van der Waals surface area contributed by atoms with Crippen LogP contribution in [0.4, 0.5) is 11.4 Å². The number of thiazole rings is 1. The molecule has 7 heteroatoms. The van der Waals surface area contributed by atoms with Gasteiger partial charge in [0, 0.05) is 17.1 Å². The molecule has 0 saturated carbocycles. The highest BCUT2D eigenvalue weighted by molar-refractivity contribution is 7.11. The van der Waals surface area contributed by atoms with E-state index in [1.165, 1.54) is 6.07 Å². The quantitative estimate of drug-likeness (QED) is 0.674. The van der Waals surface area contributed by atoms with Crippen molar-refractivity contribution in [1.29, 1.82) is 5.26 Å². The van der Waals surface area contributed by atoms with E-state index < -0.39 is 4.92 Å². The Labute approximate surface area is 119 Å². The molecule has 0 fully saturated rings. The number of anilines is 1. The van der Waals surface area contributed by atoms with Gasteiger partial charge in [0.25, 0.3) is 5.69 Å². The van der Waals surface area contributed by atoms with Gasteiger partial charge in [-0.2, -0.15) is 5.26 Å². The van der Waals surface area contributed by atoms with Crippen LogP contribution in [0.3, 0.4) is 0 Å². The third-order valence-corrected chi connectivity index (χ3v) is 3.82. The normalized spacial score (nSPS) is 10.0. The summed E-state index contributed by atoms with van der Waals surface area (Å²) in [7, 11) is 0. The summed E-state index contributed by atoms with van der Waals surface area (Å²) >= 11 is 1.58. The van der Waals surface area contributed by atoms with Crippen LogP contribution in [0.15, 0.2) is 24.4 Å². The summed E-state index contributed by atoms with van der Waals surface area (Å²) in [5.41, 5.74) is 0.582. The monoisotopic (exact) mass is 288 g/mol. The number of nitro benzene ring substituents is 1. The molecule has 2 rings (SSSR count). The number of nitrogens with zero attached hydrogens (tertiary/aromatic N) is 3. The van der Waals surface area contributed by atoms with Gasteiger partial charge in [0.2, 0.25) is 0 Å². The van der Waals surface area contributed by atoms with Gasteiger partial charge < -0.3 is 5.32 Å². The fourth-order valence-electron chi connectivity index (χ4n) is 1.68. The molecule has 0 bridgehead atoms. The second-order valence-electron chi connectivity index (χ2n) is 4.03. The van der Waals surface area contributed by atoms with E-state index in [9.17, 15) is 10.1 Å². The van der Waals surface area contributed by atoms with E-state index in [1.807, 2.05) is 13.0 Å². The Morgan fingerprint density at radius 3 is 2.95 bits per heavy atom. The number of benzene rings is 1. The van der Waals surface area contributed by atoms with Gasteiger partial charge in [0.1, 0.15) is 5.69 Å². The molecule has 0 aliphatic rings. The minimum Gasteiger partial charge on any atom is -0.375 e. The molecular formula is C13H12N4O2S.